The molecule has 1 N–H and O–H groups in total. The molecule has 1 aromatic rings. The van der Waals surface area contributed by atoms with Crippen molar-refractivity contribution >= 4 is 17.8 Å². The van der Waals surface area contributed by atoms with Crippen LogP contribution in [-0.4, -0.2) is 61.4 Å². The topological polar surface area (TPSA) is 74.2 Å². The van der Waals surface area contributed by atoms with Gasteiger partial charge in [-0.25, -0.2) is 0 Å². The van der Waals surface area contributed by atoms with Crippen molar-refractivity contribution in [2.45, 2.75) is 32.7 Å². The van der Waals surface area contributed by atoms with Crippen LogP contribution in [0.2, 0.25) is 0 Å². The Morgan fingerprint density at radius 2 is 1.88 bits per heavy atom. The molecule has 0 saturated carbocycles. The highest BCUT2D eigenvalue weighted by Gasteiger charge is 2.25. The van der Waals surface area contributed by atoms with Gasteiger partial charge in [0.1, 0.15) is 5.75 Å². The number of aliphatic imine (C=N–C) groups is 1. The minimum Gasteiger partial charge on any atom is -0.494 e. The molecule has 26 heavy (non-hydrogen) atoms. The van der Waals surface area contributed by atoms with Crippen molar-refractivity contribution in [2.24, 2.45) is 4.99 Å². The number of nitrogens with one attached hydrogen (secondary N) is 1. The summed E-state index contributed by atoms with van der Waals surface area (Å²) in [5, 5.41) is 3.21. The van der Waals surface area contributed by atoms with Gasteiger partial charge < -0.3 is 15.0 Å². The Labute approximate surface area is 155 Å². The van der Waals surface area contributed by atoms with E-state index in [1.165, 1.54) is 4.90 Å². The average Bonchev–Trinajstić information content (AvgIpc) is 2.62. The van der Waals surface area contributed by atoms with Gasteiger partial charge in [-0.15, -0.1) is 0 Å². The third-order valence-corrected chi connectivity index (χ3v) is 4.23. The standard InChI is InChI=1S/C19H28N4O3/c1-4-26-16-10-8-15(9-11-16)14-22(3)19(20-2)21-12-13-23-17(24)6-5-7-18(23)25/h8-11H,4-7,12-14H2,1-3H3,(H,20,21). The maximum absolute atomic E-state index is 11.8. The number of carbonyl (C=O) groups excluding carboxylic acids is 2. The van der Waals surface area contributed by atoms with Crippen LogP contribution in [-0.2, 0) is 16.1 Å². The summed E-state index contributed by atoms with van der Waals surface area (Å²) >= 11 is 0. The number of rotatable bonds is 7. The lowest BCUT2D eigenvalue weighted by molar-refractivity contribution is -0.147. The monoisotopic (exact) mass is 360 g/mol. The Balaban J connectivity index is 1.83. The van der Waals surface area contributed by atoms with Crippen molar-refractivity contribution in [3.05, 3.63) is 29.8 Å². The second-order valence-electron chi connectivity index (χ2n) is 6.20. The van der Waals surface area contributed by atoms with Gasteiger partial charge >= 0.3 is 0 Å². The molecule has 1 heterocycles. The number of hydrogen-bond donors (Lipinski definition) is 1. The Bertz CT molecular complexity index is 627. The average molecular weight is 360 g/mol. The Morgan fingerprint density at radius 1 is 1.23 bits per heavy atom. The summed E-state index contributed by atoms with van der Waals surface area (Å²) in [6.07, 6.45) is 1.57. The van der Waals surface area contributed by atoms with Gasteiger partial charge in [0, 0.05) is 46.6 Å². The first-order chi connectivity index (χ1) is 12.5. The van der Waals surface area contributed by atoms with Gasteiger partial charge in [-0.1, -0.05) is 12.1 Å². The first-order valence-electron chi connectivity index (χ1n) is 9.02. The number of carbonyl (C=O) groups is 2. The SMILES string of the molecule is CCOc1ccc(CN(C)C(=NC)NCCN2C(=O)CCCC2=O)cc1. The Morgan fingerprint density at radius 3 is 2.46 bits per heavy atom. The zero-order valence-electron chi connectivity index (χ0n) is 15.8. The molecule has 7 heteroatoms. The largest absolute Gasteiger partial charge is 0.494 e. The van der Waals surface area contributed by atoms with E-state index in [4.69, 9.17) is 4.74 Å². The summed E-state index contributed by atoms with van der Waals surface area (Å²) in [7, 11) is 3.66. The van der Waals surface area contributed by atoms with Gasteiger partial charge in [0.25, 0.3) is 0 Å². The van der Waals surface area contributed by atoms with Crippen LogP contribution >= 0.6 is 0 Å². The lowest BCUT2D eigenvalue weighted by Gasteiger charge is -2.26. The number of hydrogen-bond acceptors (Lipinski definition) is 4. The normalized spacial score (nSPS) is 15.2. The quantitative estimate of drug-likeness (QED) is 0.454. The lowest BCUT2D eigenvalue weighted by atomic mass is 10.1. The van der Waals surface area contributed by atoms with Crippen LogP contribution in [0.3, 0.4) is 0 Å². The van der Waals surface area contributed by atoms with Crippen molar-refractivity contribution in [1.82, 2.24) is 15.1 Å². The maximum Gasteiger partial charge on any atom is 0.229 e. The van der Waals surface area contributed by atoms with Gasteiger partial charge in [-0.2, -0.15) is 0 Å². The van der Waals surface area contributed by atoms with E-state index in [2.05, 4.69) is 10.3 Å². The third-order valence-electron chi connectivity index (χ3n) is 4.23. The number of amides is 2. The van der Waals surface area contributed by atoms with Crippen LogP contribution in [0.4, 0.5) is 0 Å². The second kappa shape index (κ2) is 9.79. The molecule has 0 radical (unpaired) electrons. The fraction of sp³-hybridized carbons (Fsp3) is 0.526. The highest BCUT2D eigenvalue weighted by molar-refractivity contribution is 5.97. The highest BCUT2D eigenvalue weighted by Crippen LogP contribution is 2.13. The number of benzene rings is 1. The molecule has 7 nitrogen and oxygen atoms in total. The zero-order valence-corrected chi connectivity index (χ0v) is 15.8. The first-order valence-corrected chi connectivity index (χ1v) is 9.02. The summed E-state index contributed by atoms with van der Waals surface area (Å²) < 4.78 is 5.45. The molecular weight excluding hydrogens is 332 g/mol. The molecular formula is C19H28N4O3. The summed E-state index contributed by atoms with van der Waals surface area (Å²) in [5.74, 6) is 1.41. The van der Waals surface area contributed by atoms with E-state index >= 15 is 0 Å². The van der Waals surface area contributed by atoms with E-state index in [0.29, 0.717) is 45.5 Å². The van der Waals surface area contributed by atoms with Gasteiger partial charge in [0.15, 0.2) is 5.96 Å². The fourth-order valence-electron chi connectivity index (χ4n) is 2.92. The molecule has 1 aliphatic rings. The first kappa shape index (κ1) is 19.8. The highest BCUT2D eigenvalue weighted by atomic mass is 16.5. The van der Waals surface area contributed by atoms with Crippen molar-refractivity contribution < 1.29 is 14.3 Å². The van der Waals surface area contributed by atoms with Crippen molar-refractivity contribution in [3.63, 3.8) is 0 Å². The lowest BCUT2D eigenvalue weighted by Crippen LogP contribution is -2.46. The van der Waals surface area contributed by atoms with Crippen molar-refractivity contribution in [2.75, 3.05) is 33.8 Å². The van der Waals surface area contributed by atoms with Crippen LogP contribution in [0, 0.1) is 0 Å². The van der Waals surface area contributed by atoms with Gasteiger partial charge in [-0.3, -0.25) is 19.5 Å². The molecule has 1 saturated heterocycles. The zero-order chi connectivity index (χ0) is 18.9. The number of ether oxygens (including phenoxy) is 1. The molecule has 0 aliphatic carbocycles. The molecule has 0 spiro atoms. The van der Waals surface area contributed by atoms with Crippen LogP contribution in [0.25, 0.3) is 0 Å². The van der Waals surface area contributed by atoms with Crippen molar-refractivity contribution in [3.8, 4) is 5.75 Å². The van der Waals surface area contributed by atoms with Crippen LogP contribution in [0.15, 0.2) is 29.3 Å². The van der Waals surface area contributed by atoms with E-state index in [-0.39, 0.29) is 11.8 Å². The second-order valence-corrected chi connectivity index (χ2v) is 6.20. The van der Waals surface area contributed by atoms with Crippen LogP contribution in [0.1, 0.15) is 31.7 Å². The summed E-state index contributed by atoms with van der Waals surface area (Å²) in [5.41, 5.74) is 1.14. The predicted molar refractivity (Wildman–Crippen MR) is 101 cm³/mol. The number of guanidine groups is 1. The van der Waals surface area contributed by atoms with Gasteiger partial charge in [0.05, 0.1) is 6.61 Å². The van der Waals surface area contributed by atoms with E-state index in [1.54, 1.807) is 7.05 Å². The molecule has 2 rings (SSSR count). The summed E-state index contributed by atoms with van der Waals surface area (Å²) in [6.45, 7) is 4.15. The number of piperidine rings is 1. The summed E-state index contributed by atoms with van der Waals surface area (Å²) in [6, 6.07) is 7.96. The van der Waals surface area contributed by atoms with Gasteiger partial charge in [-0.05, 0) is 31.0 Å². The maximum atomic E-state index is 11.8. The Kier molecular flexibility index (Phi) is 7.44. The van der Waals surface area contributed by atoms with Crippen molar-refractivity contribution in [1.29, 1.82) is 0 Å². The van der Waals surface area contributed by atoms with E-state index < -0.39 is 0 Å². The number of imide groups is 1. The van der Waals surface area contributed by atoms with Crippen LogP contribution < -0.4 is 10.1 Å². The molecule has 142 valence electrons. The predicted octanol–water partition coefficient (Wildman–Crippen LogP) is 1.63. The molecule has 0 bridgehead atoms. The molecule has 1 aromatic carbocycles. The fourth-order valence-corrected chi connectivity index (χ4v) is 2.92. The van der Waals surface area contributed by atoms with E-state index in [1.807, 2.05) is 43.1 Å². The van der Waals surface area contributed by atoms with Gasteiger partial charge in [0.2, 0.25) is 11.8 Å². The number of nitrogens with zero attached hydrogens (tertiary/aromatic N) is 3. The minimum absolute atomic E-state index is 0.0826. The minimum atomic E-state index is -0.0826. The van der Waals surface area contributed by atoms with E-state index in [9.17, 15) is 9.59 Å². The molecule has 2 amide bonds. The molecule has 0 unspecified atom stereocenters. The molecule has 1 fully saturated rings. The van der Waals surface area contributed by atoms with Crippen LogP contribution in [0.5, 0.6) is 5.75 Å². The molecule has 1 aliphatic heterocycles. The smallest absolute Gasteiger partial charge is 0.229 e. The third kappa shape index (κ3) is 5.47. The molecule has 0 aromatic heterocycles. The number of likely N-dealkylation sites (tertiary alicyclic amines) is 1. The summed E-state index contributed by atoms with van der Waals surface area (Å²) in [4.78, 5) is 31.3. The van der Waals surface area contributed by atoms with E-state index in [0.717, 1.165) is 17.3 Å². The molecule has 0 atom stereocenters. The Hall–Kier alpha value is -2.57.